The Labute approximate surface area is 148 Å². The molecule has 4 rings (SSSR count). The summed E-state index contributed by atoms with van der Waals surface area (Å²) in [7, 11) is 1.78. The van der Waals surface area contributed by atoms with E-state index in [0.717, 1.165) is 19.5 Å². The fourth-order valence-corrected chi connectivity index (χ4v) is 4.09. The molecule has 1 aliphatic heterocycles. The lowest BCUT2D eigenvalue weighted by Gasteiger charge is -2.41. The van der Waals surface area contributed by atoms with E-state index in [-0.39, 0.29) is 5.56 Å². The average molecular weight is 338 g/mol. The van der Waals surface area contributed by atoms with E-state index in [1.807, 2.05) is 0 Å². The van der Waals surface area contributed by atoms with Gasteiger partial charge in [0.25, 0.3) is 5.56 Å². The Morgan fingerprint density at radius 3 is 2.76 bits per heavy atom. The monoisotopic (exact) mass is 338 g/mol. The average Bonchev–Trinajstić information content (AvgIpc) is 2.61. The number of benzene rings is 1. The molecule has 25 heavy (non-hydrogen) atoms. The quantitative estimate of drug-likeness (QED) is 0.929. The van der Waals surface area contributed by atoms with E-state index < -0.39 is 0 Å². The number of piperidine rings is 1. The Morgan fingerprint density at radius 1 is 1.16 bits per heavy atom. The van der Waals surface area contributed by atoms with Gasteiger partial charge in [-0.2, -0.15) is 0 Å². The lowest BCUT2D eigenvalue weighted by Crippen LogP contribution is -2.53. The van der Waals surface area contributed by atoms with Crippen molar-refractivity contribution in [1.82, 2.24) is 14.9 Å². The molecule has 1 aliphatic carbocycles. The van der Waals surface area contributed by atoms with Gasteiger partial charge in [0.1, 0.15) is 0 Å². The van der Waals surface area contributed by atoms with Crippen molar-refractivity contribution in [2.45, 2.75) is 43.7 Å². The Balaban J connectivity index is 1.34. The zero-order valence-electron chi connectivity index (χ0n) is 14.8. The highest BCUT2D eigenvalue weighted by atomic mass is 16.1. The zero-order valence-corrected chi connectivity index (χ0v) is 14.8. The third kappa shape index (κ3) is 3.47. The van der Waals surface area contributed by atoms with Gasteiger partial charge in [0.15, 0.2) is 5.82 Å². The van der Waals surface area contributed by atoms with Crippen molar-refractivity contribution in [3.8, 4) is 0 Å². The molecule has 0 radical (unpaired) electrons. The predicted molar refractivity (Wildman–Crippen MR) is 100 cm³/mol. The largest absolute Gasteiger partial charge is 0.350 e. The lowest BCUT2D eigenvalue weighted by atomic mass is 9.75. The van der Waals surface area contributed by atoms with E-state index >= 15 is 0 Å². The molecule has 1 saturated heterocycles. The number of aromatic nitrogens is 2. The van der Waals surface area contributed by atoms with Crippen LogP contribution in [0.4, 0.5) is 5.82 Å². The standard InChI is InChI=1S/C20H26N4O/c1-23-11-9-21-19(20(23)25)24-10-5-8-17(14-24)22-18-12-16(13-18)15-6-3-2-4-7-15/h2-4,6-7,9,11,16-18,22H,5,8,10,12-14H2,1H3/t16?,17-,18?/m1/s1. The summed E-state index contributed by atoms with van der Waals surface area (Å²) < 4.78 is 1.61. The number of aryl methyl sites for hydroxylation is 1. The molecule has 2 aliphatic rings. The van der Waals surface area contributed by atoms with Gasteiger partial charge in [-0.05, 0) is 37.2 Å². The molecule has 132 valence electrons. The molecule has 5 heteroatoms. The summed E-state index contributed by atoms with van der Waals surface area (Å²) in [5.74, 6) is 1.29. The molecule has 1 aromatic carbocycles. The highest BCUT2D eigenvalue weighted by Gasteiger charge is 2.33. The van der Waals surface area contributed by atoms with Crippen LogP contribution in [0.1, 0.15) is 37.2 Å². The van der Waals surface area contributed by atoms with Crippen LogP contribution in [0.3, 0.4) is 0 Å². The topological polar surface area (TPSA) is 50.2 Å². The molecule has 1 aromatic heterocycles. The smallest absolute Gasteiger partial charge is 0.293 e. The molecular formula is C20H26N4O. The fourth-order valence-electron chi connectivity index (χ4n) is 4.09. The first-order valence-electron chi connectivity index (χ1n) is 9.28. The lowest BCUT2D eigenvalue weighted by molar-refractivity contribution is 0.251. The molecule has 0 amide bonds. The molecule has 0 spiro atoms. The maximum absolute atomic E-state index is 12.3. The summed E-state index contributed by atoms with van der Waals surface area (Å²) in [4.78, 5) is 18.8. The van der Waals surface area contributed by atoms with Gasteiger partial charge in [-0.3, -0.25) is 4.79 Å². The highest BCUT2D eigenvalue weighted by molar-refractivity contribution is 5.36. The van der Waals surface area contributed by atoms with Crippen LogP contribution in [-0.4, -0.2) is 34.7 Å². The van der Waals surface area contributed by atoms with Gasteiger partial charge in [-0.25, -0.2) is 4.98 Å². The Morgan fingerprint density at radius 2 is 1.96 bits per heavy atom. The van der Waals surface area contributed by atoms with Crippen molar-refractivity contribution in [2.75, 3.05) is 18.0 Å². The van der Waals surface area contributed by atoms with Crippen molar-refractivity contribution in [1.29, 1.82) is 0 Å². The number of nitrogens with zero attached hydrogens (tertiary/aromatic N) is 3. The van der Waals surface area contributed by atoms with Gasteiger partial charge in [0, 0.05) is 44.6 Å². The first-order valence-corrected chi connectivity index (χ1v) is 9.28. The second kappa shape index (κ2) is 7.00. The normalized spacial score (nSPS) is 26.3. The molecule has 2 fully saturated rings. The Kier molecular flexibility index (Phi) is 4.57. The number of hydrogen-bond acceptors (Lipinski definition) is 4. The third-order valence-corrected chi connectivity index (χ3v) is 5.60. The Hall–Kier alpha value is -2.14. The van der Waals surface area contributed by atoms with Crippen molar-refractivity contribution in [3.63, 3.8) is 0 Å². The van der Waals surface area contributed by atoms with E-state index in [9.17, 15) is 4.79 Å². The van der Waals surface area contributed by atoms with Crippen molar-refractivity contribution >= 4 is 5.82 Å². The minimum atomic E-state index is -0.00376. The number of nitrogens with one attached hydrogen (secondary N) is 1. The highest BCUT2D eigenvalue weighted by Crippen LogP contribution is 2.37. The molecular weight excluding hydrogens is 312 g/mol. The summed E-state index contributed by atoms with van der Waals surface area (Å²) in [5, 5.41) is 3.81. The minimum Gasteiger partial charge on any atom is -0.350 e. The third-order valence-electron chi connectivity index (χ3n) is 5.60. The number of anilines is 1. The van der Waals surface area contributed by atoms with Crippen LogP contribution >= 0.6 is 0 Å². The first kappa shape index (κ1) is 16.3. The zero-order chi connectivity index (χ0) is 17.2. The summed E-state index contributed by atoms with van der Waals surface area (Å²) in [6, 6.07) is 11.9. The maximum Gasteiger partial charge on any atom is 0.293 e. The van der Waals surface area contributed by atoms with E-state index in [1.54, 1.807) is 24.0 Å². The summed E-state index contributed by atoms with van der Waals surface area (Å²) >= 11 is 0. The molecule has 1 saturated carbocycles. The van der Waals surface area contributed by atoms with Crippen LogP contribution in [-0.2, 0) is 7.05 Å². The minimum absolute atomic E-state index is 0.00376. The van der Waals surface area contributed by atoms with Crippen LogP contribution in [0.15, 0.2) is 47.5 Å². The second-order valence-electron chi connectivity index (χ2n) is 7.39. The van der Waals surface area contributed by atoms with E-state index in [0.29, 0.717) is 23.8 Å². The summed E-state index contributed by atoms with van der Waals surface area (Å²) in [5.41, 5.74) is 1.46. The molecule has 2 aromatic rings. The molecule has 0 bridgehead atoms. The van der Waals surface area contributed by atoms with E-state index in [2.05, 4.69) is 45.5 Å². The van der Waals surface area contributed by atoms with Gasteiger partial charge < -0.3 is 14.8 Å². The van der Waals surface area contributed by atoms with Crippen LogP contribution in [0.5, 0.6) is 0 Å². The molecule has 0 unspecified atom stereocenters. The van der Waals surface area contributed by atoms with Gasteiger partial charge in [-0.15, -0.1) is 0 Å². The van der Waals surface area contributed by atoms with Gasteiger partial charge in [-0.1, -0.05) is 30.3 Å². The Bertz CT molecular complexity index is 767. The fraction of sp³-hybridized carbons (Fsp3) is 0.500. The maximum atomic E-state index is 12.3. The number of rotatable bonds is 4. The van der Waals surface area contributed by atoms with Crippen LogP contribution in [0.25, 0.3) is 0 Å². The molecule has 5 nitrogen and oxygen atoms in total. The van der Waals surface area contributed by atoms with Gasteiger partial charge in [0.2, 0.25) is 0 Å². The first-order chi connectivity index (χ1) is 12.2. The summed E-state index contributed by atoms with van der Waals surface area (Å²) in [6.45, 7) is 1.79. The van der Waals surface area contributed by atoms with E-state index in [4.69, 9.17) is 0 Å². The van der Waals surface area contributed by atoms with Crippen LogP contribution in [0, 0.1) is 0 Å². The van der Waals surface area contributed by atoms with Crippen molar-refractivity contribution in [2.24, 2.45) is 7.05 Å². The van der Waals surface area contributed by atoms with E-state index in [1.165, 1.54) is 24.8 Å². The van der Waals surface area contributed by atoms with Gasteiger partial charge >= 0.3 is 0 Å². The summed E-state index contributed by atoms with van der Waals surface area (Å²) in [6.07, 6.45) is 8.13. The predicted octanol–water partition coefficient (Wildman–Crippen LogP) is 2.28. The second-order valence-corrected chi connectivity index (χ2v) is 7.39. The van der Waals surface area contributed by atoms with Crippen LogP contribution < -0.4 is 15.8 Å². The van der Waals surface area contributed by atoms with Gasteiger partial charge in [0.05, 0.1) is 0 Å². The van der Waals surface area contributed by atoms with Crippen LogP contribution in [0.2, 0.25) is 0 Å². The molecule has 1 atom stereocenters. The molecule has 1 N–H and O–H groups in total. The van der Waals surface area contributed by atoms with Crippen molar-refractivity contribution in [3.05, 3.63) is 58.6 Å². The SMILES string of the molecule is Cn1ccnc(N2CCC[C@@H](NC3CC(c4ccccc4)C3)C2)c1=O. The molecule has 2 heterocycles. The number of hydrogen-bond donors (Lipinski definition) is 1. The van der Waals surface area contributed by atoms with Crippen molar-refractivity contribution < 1.29 is 0 Å².